The van der Waals surface area contributed by atoms with E-state index in [9.17, 15) is 18.0 Å². The van der Waals surface area contributed by atoms with Crippen LogP contribution >= 0.6 is 0 Å². The van der Waals surface area contributed by atoms with Gasteiger partial charge >= 0.3 is 6.18 Å². The van der Waals surface area contributed by atoms with Gasteiger partial charge in [0, 0.05) is 23.7 Å². The molecule has 0 aliphatic carbocycles. The van der Waals surface area contributed by atoms with Gasteiger partial charge in [-0.25, -0.2) is 0 Å². The van der Waals surface area contributed by atoms with Crippen molar-refractivity contribution in [3.63, 3.8) is 0 Å². The number of carbonyl (C=O) groups excluding carboxylic acids is 1. The molecule has 8 heteroatoms. The van der Waals surface area contributed by atoms with Crippen molar-refractivity contribution in [2.45, 2.75) is 19.0 Å². The molecule has 0 unspecified atom stereocenters. The number of amides is 1. The van der Waals surface area contributed by atoms with E-state index in [1.807, 2.05) is 0 Å². The molecule has 0 fully saturated rings. The number of hydrogen-bond donors (Lipinski definition) is 1. The number of rotatable bonds is 5. The summed E-state index contributed by atoms with van der Waals surface area (Å²) in [6, 6.07) is 8.04. The van der Waals surface area contributed by atoms with E-state index in [0.717, 1.165) is 12.1 Å². The molecule has 3 aromatic rings. The minimum Gasteiger partial charge on any atom is -0.356 e. The molecule has 0 atom stereocenters. The predicted octanol–water partition coefficient (Wildman–Crippen LogP) is 4.33. The zero-order valence-corrected chi connectivity index (χ0v) is 13.5. The van der Waals surface area contributed by atoms with Crippen molar-refractivity contribution in [3.8, 4) is 11.3 Å². The highest BCUT2D eigenvalue weighted by molar-refractivity contribution is 5.90. The van der Waals surface area contributed by atoms with Crippen molar-refractivity contribution >= 4 is 11.6 Å². The van der Waals surface area contributed by atoms with Gasteiger partial charge in [-0.15, -0.1) is 0 Å². The largest absolute Gasteiger partial charge is 0.416 e. The van der Waals surface area contributed by atoms with Gasteiger partial charge in [-0.1, -0.05) is 17.3 Å². The summed E-state index contributed by atoms with van der Waals surface area (Å²) in [6.07, 6.45) is 0.710. The Bertz CT molecular complexity index is 875. The van der Waals surface area contributed by atoms with Crippen molar-refractivity contribution in [1.82, 2.24) is 10.1 Å². The van der Waals surface area contributed by atoms with Crippen LogP contribution in [0.5, 0.6) is 0 Å². The molecule has 0 bridgehead atoms. The van der Waals surface area contributed by atoms with E-state index in [2.05, 4.69) is 15.5 Å². The molecular formula is C18H14F3N3O2. The summed E-state index contributed by atoms with van der Waals surface area (Å²) in [5.74, 6) is 0.144. The van der Waals surface area contributed by atoms with E-state index in [1.54, 1.807) is 18.3 Å². The Morgan fingerprint density at radius 1 is 1.12 bits per heavy atom. The Kier molecular flexibility index (Phi) is 5.01. The standard InChI is InChI=1S/C18H14F3N3O2/c19-18(20,21)14-6-3-12(4-7-14)17-13(10-23-26-17)5-8-16(25)24-15-2-1-9-22-11-15/h1-4,6-7,9-11H,5,8H2,(H,24,25). The summed E-state index contributed by atoms with van der Waals surface area (Å²) >= 11 is 0. The van der Waals surface area contributed by atoms with Gasteiger partial charge in [0.25, 0.3) is 0 Å². The third-order valence-electron chi connectivity index (χ3n) is 3.69. The number of halogens is 3. The first kappa shape index (κ1) is 17.7. The second-order valence-electron chi connectivity index (χ2n) is 5.55. The molecule has 1 amide bonds. The number of pyridine rings is 1. The Balaban J connectivity index is 1.66. The smallest absolute Gasteiger partial charge is 0.356 e. The van der Waals surface area contributed by atoms with E-state index in [4.69, 9.17) is 4.52 Å². The number of benzene rings is 1. The van der Waals surface area contributed by atoms with Crippen molar-refractivity contribution in [2.24, 2.45) is 0 Å². The molecule has 0 saturated heterocycles. The Morgan fingerprint density at radius 2 is 1.88 bits per heavy atom. The molecule has 134 valence electrons. The third kappa shape index (κ3) is 4.27. The number of aromatic nitrogens is 2. The summed E-state index contributed by atoms with van der Waals surface area (Å²) in [4.78, 5) is 15.9. The van der Waals surface area contributed by atoms with Crippen LogP contribution in [-0.4, -0.2) is 16.0 Å². The van der Waals surface area contributed by atoms with Crippen LogP contribution in [0, 0.1) is 0 Å². The van der Waals surface area contributed by atoms with Crippen molar-refractivity contribution in [2.75, 3.05) is 5.32 Å². The maximum Gasteiger partial charge on any atom is 0.416 e. The van der Waals surface area contributed by atoms with Gasteiger partial charge in [0.1, 0.15) is 0 Å². The van der Waals surface area contributed by atoms with Crippen molar-refractivity contribution in [3.05, 3.63) is 66.1 Å². The number of alkyl halides is 3. The van der Waals surface area contributed by atoms with E-state index in [0.29, 0.717) is 29.0 Å². The minimum absolute atomic E-state index is 0.170. The molecule has 1 N–H and O–H groups in total. The van der Waals surface area contributed by atoms with Gasteiger partial charge in [0.05, 0.1) is 23.6 Å². The van der Waals surface area contributed by atoms with Crippen LogP contribution in [0.4, 0.5) is 18.9 Å². The van der Waals surface area contributed by atoms with Gasteiger partial charge in [0.2, 0.25) is 5.91 Å². The third-order valence-corrected chi connectivity index (χ3v) is 3.69. The maximum absolute atomic E-state index is 12.6. The van der Waals surface area contributed by atoms with Crippen LogP contribution in [0.15, 0.2) is 59.5 Å². The highest BCUT2D eigenvalue weighted by Gasteiger charge is 2.30. The van der Waals surface area contributed by atoms with Gasteiger partial charge in [0.15, 0.2) is 5.76 Å². The van der Waals surface area contributed by atoms with Crippen LogP contribution in [-0.2, 0) is 17.4 Å². The summed E-state index contributed by atoms with van der Waals surface area (Å²) in [6.45, 7) is 0. The molecule has 0 aliphatic heterocycles. The Labute approximate surface area is 146 Å². The number of aryl methyl sites for hydroxylation is 1. The SMILES string of the molecule is O=C(CCc1cnoc1-c1ccc(C(F)(F)F)cc1)Nc1cccnc1. The first-order valence-electron chi connectivity index (χ1n) is 7.74. The van der Waals surface area contributed by atoms with Crippen molar-refractivity contribution < 1.29 is 22.5 Å². The van der Waals surface area contributed by atoms with E-state index in [-0.39, 0.29) is 12.3 Å². The Morgan fingerprint density at radius 3 is 2.54 bits per heavy atom. The van der Waals surface area contributed by atoms with E-state index in [1.165, 1.54) is 24.5 Å². The summed E-state index contributed by atoms with van der Waals surface area (Å²) < 4.78 is 43.1. The minimum atomic E-state index is -4.40. The molecule has 2 heterocycles. The van der Waals surface area contributed by atoms with Crippen LogP contribution < -0.4 is 5.32 Å². The molecule has 26 heavy (non-hydrogen) atoms. The summed E-state index contributed by atoms with van der Waals surface area (Å²) in [7, 11) is 0. The maximum atomic E-state index is 12.6. The highest BCUT2D eigenvalue weighted by atomic mass is 19.4. The molecule has 0 aliphatic rings. The van der Waals surface area contributed by atoms with Crippen LogP contribution in [0.3, 0.4) is 0 Å². The average Bonchev–Trinajstić information content (AvgIpc) is 3.09. The normalized spacial score (nSPS) is 11.3. The number of nitrogens with one attached hydrogen (secondary N) is 1. The number of anilines is 1. The molecule has 1 aromatic carbocycles. The molecular weight excluding hydrogens is 347 g/mol. The lowest BCUT2D eigenvalue weighted by Gasteiger charge is -2.07. The van der Waals surface area contributed by atoms with E-state index >= 15 is 0 Å². The second kappa shape index (κ2) is 7.38. The molecule has 3 rings (SSSR count). The fourth-order valence-electron chi connectivity index (χ4n) is 2.40. The molecule has 2 aromatic heterocycles. The lowest BCUT2D eigenvalue weighted by atomic mass is 10.0. The van der Waals surface area contributed by atoms with Gasteiger partial charge in [-0.3, -0.25) is 9.78 Å². The molecule has 5 nitrogen and oxygen atoms in total. The topological polar surface area (TPSA) is 68.0 Å². The van der Waals surface area contributed by atoms with E-state index < -0.39 is 11.7 Å². The molecule has 0 radical (unpaired) electrons. The Hall–Kier alpha value is -3.16. The fraction of sp³-hybridized carbons (Fsp3) is 0.167. The first-order valence-corrected chi connectivity index (χ1v) is 7.74. The number of carbonyl (C=O) groups is 1. The van der Waals surface area contributed by atoms with Gasteiger partial charge < -0.3 is 9.84 Å². The molecule has 0 saturated carbocycles. The number of hydrogen-bond acceptors (Lipinski definition) is 4. The first-order chi connectivity index (χ1) is 12.4. The fourth-order valence-corrected chi connectivity index (χ4v) is 2.40. The van der Waals surface area contributed by atoms with Gasteiger partial charge in [-0.05, 0) is 30.7 Å². The summed E-state index contributed by atoms with van der Waals surface area (Å²) in [5, 5.41) is 6.40. The van der Waals surface area contributed by atoms with Crippen LogP contribution in [0.25, 0.3) is 11.3 Å². The highest BCUT2D eigenvalue weighted by Crippen LogP contribution is 2.32. The lowest BCUT2D eigenvalue weighted by Crippen LogP contribution is -2.12. The number of nitrogens with zero attached hydrogens (tertiary/aromatic N) is 2. The predicted molar refractivity (Wildman–Crippen MR) is 88.1 cm³/mol. The molecule has 0 spiro atoms. The zero-order valence-electron chi connectivity index (χ0n) is 13.5. The van der Waals surface area contributed by atoms with Gasteiger partial charge in [-0.2, -0.15) is 13.2 Å². The zero-order chi connectivity index (χ0) is 18.6. The van der Waals surface area contributed by atoms with Crippen LogP contribution in [0.1, 0.15) is 17.5 Å². The van der Waals surface area contributed by atoms with Crippen molar-refractivity contribution in [1.29, 1.82) is 0 Å². The monoisotopic (exact) mass is 361 g/mol. The quantitative estimate of drug-likeness (QED) is 0.735. The van der Waals surface area contributed by atoms with Crippen LogP contribution in [0.2, 0.25) is 0 Å². The second-order valence-corrected chi connectivity index (χ2v) is 5.55. The lowest BCUT2D eigenvalue weighted by molar-refractivity contribution is -0.137. The average molecular weight is 361 g/mol. The summed E-state index contributed by atoms with van der Waals surface area (Å²) in [5.41, 5.74) is 0.966.